The predicted octanol–water partition coefficient (Wildman–Crippen LogP) is 2.49. The third-order valence-electron chi connectivity index (χ3n) is 3.47. The number of carboxylic acids is 1. The lowest BCUT2D eigenvalue weighted by Crippen LogP contribution is -2.33. The number of aryl methyl sites for hydroxylation is 2. The maximum Gasteiger partial charge on any atom is 0.336 e. The van der Waals surface area contributed by atoms with Crippen molar-refractivity contribution in [1.29, 1.82) is 0 Å². The van der Waals surface area contributed by atoms with E-state index in [2.05, 4.69) is 10.6 Å². The summed E-state index contributed by atoms with van der Waals surface area (Å²) in [5.74, 6) is -1.16. The van der Waals surface area contributed by atoms with Gasteiger partial charge in [0.1, 0.15) is 0 Å². The summed E-state index contributed by atoms with van der Waals surface area (Å²) < 4.78 is 0. The largest absolute Gasteiger partial charge is 0.478 e. The van der Waals surface area contributed by atoms with Crippen molar-refractivity contribution >= 4 is 23.5 Å². The molecule has 23 heavy (non-hydrogen) atoms. The Kier molecular flexibility index (Phi) is 6.75. The van der Waals surface area contributed by atoms with Crippen molar-refractivity contribution in [3.63, 3.8) is 0 Å². The molecule has 0 saturated heterocycles. The fraction of sp³-hybridized carbons (Fsp3) is 0.471. The van der Waals surface area contributed by atoms with Crippen LogP contribution in [0, 0.1) is 19.8 Å². The summed E-state index contributed by atoms with van der Waals surface area (Å²) in [6.45, 7) is 7.42. The molecule has 0 aliphatic rings. The van der Waals surface area contributed by atoms with Crippen LogP contribution in [0.1, 0.15) is 48.2 Å². The van der Waals surface area contributed by atoms with Crippen LogP contribution in [0.4, 0.5) is 5.69 Å². The second kappa shape index (κ2) is 8.31. The molecule has 0 atom stereocenters. The Labute approximate surface area is 136 Å². The minimum atomic E-state index is -1.04. The van der Waals surface area contributed by atoms with Gasteiger partial charge in [0.2, 0.25) is 11.8 Å². The Hall–Kier alpha value is -2.37. The van der Waals surface area contributed by atoms with Gasteiger partial charge < -0.3 is 15.7 Å². The fourth-order valence-corrected chi connectivity index (χ4v) is 2.10. The number of carboxylic acid groups (broad SMARTS) is 1. The van der Waals surface area contributed by atoms with Crippen LogP contribution < -0.4 is 10.6 Å². The van der Waals surface area contributed by atoms with Gasteiger partial charge >= 0.3 is 5.97 Å². The van der Waals surface area contributed by atoms with Crippen LogP contribution in [0.2, 0.25) is 0 Å². The minimum Gasteiger partial charge on any atom is -0.478 e. The molecule has 0 unspecified atom stereocenters. The molecule has 0 radical (unpaired) electrons. The van der Waals surface area contributed by atoms with E-state index in [9.17, 15) is 14.4 Å². The summed E-state index contributed by atoms with van der Waals surface area (Å²) in [5.41, 5.74) is 1.99. The first-order chi connectivity index (χ1) is 10.7. The third kappa shape index (κ3) is 6.10. The highest BCUT2D eigenvalue weighted by molar-refractivity contribution is 5.97. The molecule has 0 bridgehead atoms. The van der Waals surface area contributed by atoms with E-state index < -0.39 is 5.97 Å². The van der Waals surface area contributed by atoms with E-state index in [1.165, 1.54) is 6.07 Å². The molecule has 1 aromatic carbocycles. The average Bonchev–Trinajstić information content (AvgIpc) is 2.45. The number of anilines is 1. The van der Waals surface area contributed by atoms with Crippen molar-refractivity contribution in [3.8, 4) is 0 Å². The van der Waals surface area contributed by atoms with Gasteiger partial charge in [-0.25, -0.2) is 4.79 Å². The van der Waals surface area contributed by atoms with Crippen molar-refractivity contribution in [3.05, 3.63) is 28.8 Å². The van der Waals surface area contributed by atoms with Gasteiger partial charge in [-0.1, -0.05) is 19.9 Å². The standard InChI is InChI=1S/C17H24N2O4/c1-10(2)5-6-15(20)18-9-16(21)19-14-8-13(17(22)23)11(3)7-12(14)4/h7-8,10H,5-6,9H2,1-4H3,(H,18,20)(H,19,21)(H,22,23). The Morgan fingerprint density at radius 2 is 1.74 bits per heavy atom. The van der Waals surface area contributed by atoms with Crippen LogP contribution in [0.5, 0.6) is 0 Å². The smallest absolute Gasteiger partial charge is 0.336 e. The van der Waals surface area contributed by atoms with E-state index in [-0.39, 0.29) is 23.9 Å². The Morgan fingerprint density at radius 3 is 2.30 bits per heavy atom. The number of benzene rings is 1. The molecule has 2 amide bonds. The first-order valence-electron chi connectivity index (χ1n) is 7.61. The molecule has 0 spiro atoms. The zero-order chi connectivity index (χ0) is 17.6. The molecule has 0 saturated carbocycles. The Balaban J connectivity index is 2.62. The second-order valence-corrected chi connectivity index (χ2v) is 6.04. The van der Waals surface area contributed by atoms with Crippen molar-refractivity contribution < 1.29 is 19.5 Å². The highest BCUT2D eigenvalue weighted by atomic mass is 16.4. The van der Waals surface area contributed by atoms with E-state index in [0.29, 0.717) is 23.6 Å². The van der Waals surface area contributed by atoms with Crippen LogP contribution >= 0.6 is 0 Å². The molecule has 6 heteroatoms. The number of carbonyl (C=O) groups is 3. The van der Waals surface area contributed by atoms with E-state index in [1.54, 1.807) is 19.9 Å². The lowest BCUT2D eigenvalue weighted by molar-refractivity contribution is -0.124. The summed E-state index contributed by atoms with van der Waals surface area (Å²) in [4.78, 5) is 34.6. The molecule has 0 heterocycles. The van der Waals surface area contributed by atoms with Crippen molar-refractivity contribution in [2.45, 2.75) is 40.5 Å². The average molecular weight is 320 g/mol. The number of nitrogens with one attached hydrogen (secondary N) is 2. The molecule has 0 fully saturated rings. The zero-order valence-electron chi connectivity index (χ0n) is 14.0. The van der Waals surface area contributed by atoms with Crippen LogP contribution in [0.15, 0.2) is 12.1 Å². The van der Waals surface area contributed by atoms with Gasteiger partial charge in [-0.05, 0) is 43.4 Å². The molecule has 0 aliphatic heterocycles. The highest BCUT2D eigenvalue weighted by Crippen LogP contribution is 2.20. The summed E-state index contributed by atoms with van der Waals surface area (Å²) in [7, 11) is 0. The second-order valence-electron chi connectivity index (χ2n) is 6.04. The number of aromatic carboxylic acids is 1. The van der Waals surface area contributed by atoms with Crippen molar-refractivity contribution in [2.75, 3.05) is 11.9 Å². The molecule has 0 aliphatic carbocycles. The Morgan fingerprint density at radius 1 is 1.09 bits per heavy atom. The fourth-order valence-electron chi connectivity index (χ4n) is 2.10. The number of hydrogen-bond donors (Lipinski definition) is 3. The number of amides is 2. The SMILES string of the molecule is Cc1cc(C)c(C(=O)O)cc1NC(=O)CNC(=O)CCC(C)C. The quantitative estimate of drug-likeness (QED) is 0.719. The summed E-state index contributed by atoms with van der Waals surface area (Å²) >= 11 is 0. The number of carbonyl (C=O) groups excluding carboxylic acids is 2. The maximum absolute atomic E-state index is 11.9. The predicted molar refractivity (Wildman–Crippen MR) is 88.6 cm³/mol. The van der Waals surface area contributed by atoms with Gasteiger partial charge in [-0.15, -0.1) is 0 Å². The molecule has 6 nitrogen and oxygen atoms in total. The van der Waals surface area contributed by atoms with Gasteiger partial charge in [0, 0.05) is 12.1 Å². The lowest BCUT2D eigenvalue weighted by Gasteiger charge is -2.12. The van der Waals surface area contributed by atoms with E-state index in [4.69, 9.17) is 5.11 Å². The van der Waals surface area contributed by atoms with Gasteiger partial charge in [0.05, 0.1) is 12.1 Å². The minimum absolute atomic E-state index is 0.132. The van der Waals surface area contributed by atoms with E-state index in [1.807, 2.05) is 13.8 Å². The normalized spacial score (nSPS) is 10.5. The van der Waals surface area contributed by atoms with Gasteiger partial charge in [-0.2, -0.15) is 0 Å². The summed E-state index contributed by atoms with van der Waals surface area (Å²) in [5, 5.41) is 14.3. The summed E-state index contributed by atoms with van der Waals surface area (Å²) in [6, 6.07) is 3.14. The van der Waals surface area contributed by atoms with E-state index >= 15 is 0 Å². The van der Waals surface area contributed by atoms with E-state index in [0.717, 1.165) is 12.0 Å². The molecular weight excluding hydrogens is 296 g/mol. The van der Waals surface area contributed by atoms with Crippen LogP contribution in [-0.2, 0) is 9.59 Å². The first-order valence-corrected chi connectivity index (χ1v) is 7.61. The highest BCUT2D eigenvalue weighted by Gasteiger charge is 2.13. The first kappa shape index (κ1) is 18.7. The van der Waals surface area contributed by atoms with Crippen molar-refractivity contribution in [2.24, 2.45) is 5.92 Å². The molecular formula is C17H24N2O4. The molecule has 1 aromatic rings. The maximum atomic E-state index is 11.9. The van der Waals surface area contributed by atoms with Crippen molar-refractivity contribution in [1.82, 2.24) is 5.32 Å². The topological polar surface area (TPSA) is 95.5 Å². The molecule has 0 aromatic heterocycles. The number of rotatable bonds is 7. The van der Waals surface area contributed by atoms with Gasteiger partial charge in [-0.3, -0.25) is 9.59 Å². The van der Waals surface area contributed by atoms with Gasteiger partial charge in [0.15, 0.2) is 0 Å². The third-order valence-corrected chi connectivity index (χ3v) is 3.47. The molecule has 126 valence electrons. The zero-order valence-corrected chi connectivity index (χ0v) is 14.0. The summed E-state index contributed by atoms with van der Waals surface area (Å²) in [6.07, 6.45) is 1.16. The van der Waals surface area contributed by atoms with Crippen LogP contribution in [-0.4, -0.2) is 29.4 Å². The lowest BCUT2D eigenvalue weighted by atomic mass is 10.0. The number of hydrogen-bond acceptors (Lipinski definition) is 3. The van der Waals surface area contributed by atoms with Crippen LogP contribution in [0.25, 0.3) is 0 Å². The monoisotopic (exact) mass is 320 g/mol. The van der Waals surface area contributed by atoms with Gasteiger partial charge in [0.25, 0.3) is 0 Å². The molecule has 1 rings (SSSR count). The Bertz CT molecular complexity index is 609. The molecule has 3 N–H and O–H groups in total. The van der Waals surface area contributed by atoms with Crippen LogP contribution in [0.3, 0.4) is 0 Å².